The van der Waals surface area contributed by atoms with Gasteiger partial charge in [-0.25, -0.2) is 4.98 Å². The van der Waals surface area contributed by atoms with Crippen LogP contribution in [0.4, 0.5) is 5.82 Å². The topological polar surface area (TPSA) is 68.0 Å². The van der Waals surface area contributed by atoms with E-state index in [4.69, 9.17) is 5.73 Å². The number of nitrogens with zero attached hydrogens (tertiary/aromatic N) is 1. The number of hydrogen-bond acceptors (Lipinski definition) is 3. The van der Waals surface area contributed by atoms with Crippen LogP contribution in [0, 0.1) is 13.8 Å². The molecule has 0 bridgehead atoms. The van der Waals surface area contributed by atoms with Crippen molar-refractivity contribution in [1.82, 2.24) is 4.98 Å². The molecule has 0 aromatic carbocycles. The van der Waals surface area contributed by atoms with Crippen LogP contribution < -0.4 is 11.1 Å². The molecule has 1 aromatic rings. The van der Waals surface area contributed by atoms with Gasteiger partial charge in [-0.15, -0.1) is 0 Å². The minimum atomic E-state index is -0.451. The molecule has 0 radical (unpaired) electrons. The highest BCUT2D eigenvalue weighted by Gasteiger charge is 2.12. The molecule has 0 saturated carbocycles. The summed E-state index contributed by atoms with van der Waals surface area (Å²) >= 11 is 0. The van der Waals surface area contributed by atoms with Gasteiger partial charge >= 0.3 is 0 Å². The first-order valence-corrected chi connectivity index (χ1v) is 5.54. The van der Waals surface area contributed by atoms with Crippen LogP contribution in [-0.4, -0.2) is 16.9 Å². The van der Waals surface area contributed by atoms with E-state index in [0.717, 1.165) is 17.7 Å². The van der Waals surface area contributed by atoms with Crippen molar-refractivity contribution in [3.05, 3.63) is 23.4 Å². The molecule has 0 unspecified atom stereocenters. The highest BCUT2D eigenvalue weighted by Crippen LogP contribution is 2.09. The highest BCUT2D eigenvalue weighted by atomic mass is 16.2. The first-order chi connectivity index (χ1) is 7.52. The van der Waals surface area contributed by atoms with Gasteiger partial charge in [0.2, 0.25) is 5.91 Å². The maximum atomic E-state index is 11.6. The number of hydrogen-bond donors (Lipinski definition) is 2. The van der Waals surface area contributed by atoms with Crippen molar-refractivity contribution in [2.75, 3.05) is 5.32 Å². The van der Waals surface area contributed by atoms with E-state index in [2.05, 4.69) is 10.3 Å². The van der Waals surface area contributed by atoms with Gasteiger partial charge in [0.05, 0.1) is 6.04 Å². The number of nitrogens with two attached hydrogens (primary N) is 1. The van der Waals surface area contributed by atoms with Crippen LogP contribution in [0.25, 0.3) is 0 Å². The Bertz CT molecular complexity index is 356. The lowest BCUT2D eigenvalue weighted by Gasteiger charge is -2.11. The van der Waals surface area contributed by atoms with Crippen LogP contribution in [0.2, 0.25) is 0 Å². The molecule has 4 nitrogen and oxygen atoms in total. The van der Waals surface area contributed by atoms with E-state index in [9.17, 15) is 4.79 Å². The van der Waals surface area contributed by atoms with E-state index in [1.54, 1.807) is 0 Å². The summed E-state index contributed by atoms with van der Waals surface area (Å²) in [5.74, 6) is 0.411. The molecule has 88 valence electrons. The monoisotopic (exact) mass is 221 g/mol. The molecule has 0 fully saturated rings. The largest absolute Gasteiger partial charge is 0.320 e. The summed E-state index contributed by atoms with van der Waals surface area (Å²) in [6, 6.07) is 3.35. The van der Waals surface area contributed by atoms with E-state index in [1.807, 2.05) is 32.9 Å². The predicted octanol–water partition coefficient (Wildman–Crippen LogP) is 1.76. The number of nitrogens with one attached hydrogen (secondary N) is 1. The Balaban J connectivity index is 2.69. The van der Waals surface area contributed by atoms with Crippen molar-refractivity contribution >= 4 is 11.7 Å². The maximum absolute atomic E-state index is 11.6. The number of amides is 1. The fourth-order valence-electron chi connectivity index (χ4n) is 1.57. The molecule has 1 atom stereocenters. The molecule has 1 heterocycles. The molecule has 0 aliphatic carbocycles. The van der Waals surface area contributed by atoms with E-state index >= 15 is 0 Å². The molecular formula is C12H19N3O. The molecule has 0 aliphatic heterocycles. The molecule has 0 aliphatic rings. The van der Waals surface area contributed by atoms with Crippen molar-refractivity contribution in [2.24, 2.45) is 5.73 Å². The van der Waals surface area contributed by atoms with Crippen LogP contribution in [-0.2, 0) is 4.79 Å². The average Bonchev–Trinajstić information content (AvgIpc) is 2.16. The van der Waals surface area contributed by atoms with E-state index < -0.39 is 6.04 Å². The van der Waals surface area contributed by atoms with Gasteiger partial charge < -0.3 is 11.1 Å². The van der Waals surface area contributed by atoms with Crippen LogP contribution in [0.5, 0.6) is 0 Å². The number of aryl methyl sites for hydroxylation is 2. The van der Waals surface area contributed by atoms with Gasteiger partial charge in [0.15, 0.2) is 0 Å². The molecule has 0 saturated heterocycles. The summed E-state index contributed by atoms with van der Waals surface area (Å²) in [7, 11) is 0. The van der Waals surface area contributed by atoms with Gasteiger partial charge in [0.1, 0.15) is 5.82 Å². The molecule has 1 amide bonds. The number of anilines is 1. The van der Waals surface area contributed by atoms with Crippen LogP contribution in [0.3, 0.4) is 0 Å². The smallest absolute Gasteiger partial charge is 0.242 e. The lowest BCUT2D eigenvalue weighted by molar-refractivity contribution is -0.117. The minimum Gasteiger partial charge on any atom is -0.320 e. The zero-order chi connectivity index (χ0) is 12.1. The van der Waals surface area contributed by atoms with Gasteiger partial charge in [0.25, 0.3) is 0 Å². The van der Waals surface area contributed by atoms with Crippen LogP contribution in [0.1, 0.15) is 31.0 Å². The summed E-state index contributed by atoms with van der Waals surface area (Å²) in [5.41, 5.74) is 7.68. The van der Waals surface area contributed by atoms with E-state index in [0.29, 0.717) is 12.2 Å². The Hall–Kier alpha value is -1.42. The lowest BCUT2D eigenvalue weighted by atomic mass is 10.1. The molecule has 1 rings (SSSR count). The van der Waals surface area contributed by atoms with Gasteiger partial charge in [-0.05, 0) is 38.0 Å². The summed E-state index contributed by atoms with van der Waals surface area (Å²) < 4.78 is 0. The standard InChI is InChI=1S/C12H19N3O/c1-4-5-10(13)12(16)15-11-7-8(2)6-9(3)14-11/h6-7,10H,4-5,13H2,1-3H3,(H,14,15,16)/t10-/m0/s1. The summed E-state index contributed by atoms with van der Waals surface area (Å²) in [4.78, 5) is 15.9. The molecule has 3 N–H and O–H groups in total. The van der Waals surface area contributed by atoms with Gasteiger partial charge in [0, 0.05) is 5.69 Å². The molecule has 1 aromatic heterocycles. The van der Waals surface area contributed by atoms with Crippen LogP contribution >= 0.6 is 0 Å². The molecule has 0 spiro atoms. The molecule has 16 heavy (non-hydrogen) atoms. The first-order valence-electron chi connectivity index (χ1n) is 5.54. The van der Waals surface area contributed by atoms with Crippen molar-refractivity contribution in [1.29, 1.82) is 0 Å². The summed E-state index contributed by atoms with van der Waals surface area (Å²) in [6.45, 7) is 5.87. The zero-order valence-corrected chi connectivity index (χ0v) is 10.1. The second kappa shape index (κ2) is 5.61. The number of carbonyl (C=O) groups excluding carboxylic acids is 1. The predicted molar refractivity (Wildman–Crippen MR) is 65.2 cm³/mol. The number of aromatic nitrogens is 1. The van der Waals surface area contributed by atoms with Crippen molar-refractivity contribution in [2.45, 2.75) is 39.7 Å². The minimum absolute atomic E-state index is 0.167. The van der Waals surface area contributed by atoms with E-state index in [1.165, 1.54) is 0 Å². The SMILES string of the molecule is CCC[C@H](N)C(=O)Nc1cc(C)cc(C)n1. The quantitative estimate of drug-likeness (QED) is 0.814. The Morgan fingerprint density at radius 2 is 2.19 bits per heavy atom. The van der Waals surface area contributed by atoms with Crippen LogP contribution in [0.15, 0.2) is 12.1 Å². The normalized spacial score (nSPS) is 12.2. The van der Waals surface area contributed by atoms with E-state index in [-0.39, 0.29) is 5.91 Å². The van der Waals surface area contributed by atoms with Gasteiger partial charge in [-0.1, -0.05) is 13.3 Å². The highest BCUT2D eigenvalue weighted by molar-refractivity contribution is 5.93. The Morgan fingerprint density at radius 3 is 2.75 bits per heavy atom. The maximum Gasteiger partial charge on any atom is 0.242 e. The Labute approximate surface area is 96.3 Å². The Kier molecular flexibility index (Phi) is 4.43. The van der Waals surface area contributed by atoms with Crippen molar-refractivity contribution in [3.63, 3.8) is 0 Å². The number of rotatable bonds is 4. The Morgan fingerprint density at radius 1 is 1.50 bits per heavy atom. The molecule has 4 heteroatoms. The van der Waals surface area contributed by atoms with Gasteiger partial charge in [-0.2, -0.15) is 0 Å². The second-order valence-electron chi connectivity index (χ2n) is 4.06. The second-order valence-corrected chi connectivity index (χ2v) is 4.06. The van der Waals surface area contributed by atoms with Gasteiger partial charge in [-0.3, -0.25) is 4.79 Å². The fourth-order valence-corrected chi connectivity index (χ4v) is 1.57. The van der Waals surface area contributed by atoms with Crippen molar-refractivity contribution < 1.29 is 4.79 Å². The third kappa shape index (κ3) is 3.62. The third-order valence-corrected chi connectivity index (χ3v) is 2.29. The summed E-state index contributed by atoms with van der Waals surface area (Å²) in [6.07, 6.45) is 1.59. The summed E-state index contributed by atoms with van der Waals surface area (Å²) in [5, 5.41) is 2.73. The zero-order valence-electron chi connectivity index (χ0n) is 10.1. The average molecular weight is 221 g/mol. The fraction of sp³-hybridized carbons (Fsp3) is 0.500. The lowest BCUT2D eigenvalue weighted by Crippen LogP contribution is -2.35. The third-order valence-electron chi connectivity index (χ3n) is 2.29. The molecular weight excluding hydrogens is 202 g/mol. The first kappa shape index (κ1) is 12.6. The number of carbonyl (C=O) groups is 1. The number of pyridine rings is 1. The van der Waals surface area contributed by atoms with Crippen molar-refractivity contribution in [3.8, 4) is 0 Å².